The molecule has 1 fully saturated rings. The van der Waals surface area contributed by atoms with Crippen molar-refractivity contribution in [3.05, 3.63) is 60.2 Å². The smallest absolute Gasteiger partial charge is 0.234 e. The highest BCUT2D eigenvalue weighted by Gasteiger charge is 2.20. The molecule has 0 bridgehead atoms. The van der Waals surface area contributed by atoms with E-state index in [0.29, 0.717) is 25.4 Å². The average molecular weight is 406 g/mol. The Morgan fingerprint density at radius 1 is 1.17 bits per heavy atom. The number of benzene rings is 3. The molecule has 0 radical (unpaired) electrons. The Labute approximate surface area is 175 Å². The summed E-state index contributed by atoms with van der Waals surface area (Å²) in [5.41, 5.74) is 2.66. The third-order valence-corrected chi connectivity index (χ3v) is 5.39. The second-order valence-corrected chi connectivity index (χ2v) is 7.71. The number of fused-ring (bicyclic) bond motifs is 1. The fourth-order valence-corrected chi connectivity index (χ4v) is 3.86. The van der Waals surface area contributed by atoms with Crippen LogP contribution < -0.4 is 10.1 Å². The highest BCUT2D eigenvalue weighted by atomic mass is 16.5. The molecule has 30 heavy (non-hydrogen) atoms. The van der Waals surface area contributed by atoms with Crippen molar-refractivity contribution in [2.45, 2.75) is 13.0 Å². The molecular formula is C24H26N2O4. The molecule has 1 amide bonds. The zero-order valence-electron chi connectivity index (χ0n) is 17.0. The number of nitrogens with one attached hydrogen (secondary N) is 1. The Hall–Kier alpha value is -3.09. The number of aliphatic hydroxyl groups is 1. The molecule has 6 nitrogen and oxygen atoms in total. The lowest BCUT2D eigenvalue weighted by molar-refractivity contribution is -0.124. The number of hydrogen-bond acceptors (Lipinski definition) is 5. The van der Waals surface area contributed by atoms with Crippen LogP contribution in [0.1, 0.15) is 5.56 Å². The molecule has 1 aliphatic rings. The number of β-amino-alcohol motifs (C(OH)–C–C–N with tert-alkyl or cyclic N) is 1. The molecule has 6 heteroatoms. The first kappa shape index (κ1) is 20.2. The van der Waals surface area contributed by atoms with Crippen LogP contribution in [0, 0.1) is 6.92 Å². The molecule has 3 N–H and O–H groups in total. The number of rotatable bonds is 6. The predicted molar refractivity (Wildman–Crippen MR) is 117 cm³/mol. The summed E-state index contributed by atoms with van der Waals surface area (Å²) in [6.07, 6.45) is -0.711. The van der Waals surface area contributed by atoms with Gasteiger partial charge in [0.25, 0.3) is 0 Å². The van der Waals surface area contributed by atoms with E-state index in [1.807, 2.05) is 60.4 Å². The number of phenolic OH excluding ortho intramolecular Hbond substituents is 1. The lowest BCUT2D eigenvalue weighted by Crippen LogP contribution is -2.50. The third-order valence-electron chi connectivity index (χ3n) is 5.39. The Bertz CT molecular complexity index is 1070. The van der Waals surface area contributed by atoms with Crippen molar-refractivity contribution < 1.29 is 19.7 Å². The summed E-state index contributed by atoms with van der Waals surface area (Å²) in [7, 11) is 0. The minimum atomic E-state index is -0.711. The summed E-state index contributed by atoms with van der Waals surface area (Å²) in [5, 5.41) is 25.3. The van der Waals surface area contributed by atoms with E-state index < -0.39 is 6.10 Å². The maximum atomic E-state index is 11.5. The molecule has 1 saturated heterocycles. The van der Waals surface area contributed by atoms with Gasteiger partial charge in [0.1, 0.15) is 24.2 Å². The van der Waals surface area contributed by atoms with Crippen LogP contribution in [0.5, 0.6) is 11.5 Å². The number of aryl methyl sites for hydroxylation is 1. The van der Waals surface area contributed by atoms with E-state index in [2.05, 4.69) is 5.32 Å². The fraction of sp³-hybridized carbons (Fsp3) is 0.292. The summed E-state index contributed by atoms with van der Waals surface area (Å²) < 4.78 is 6.06. The molecule has 0 saturated carbocycles. The topological polar surface area (TPSA) is 82.0 Å². The van der Waals surface area contributed by atoms with Crippen LogP contribution in [0.3, 0.4) is 0 Å². The summed E-state index contributed by atoms with van der Waals surface area (Å²) >= 11 is 0. The lowest BCUT2D eigenvalue weighted by Gasteiger charge is -2.28. The normalized spacial score (nSPS) is 15.7. The van der Waals surface area contributed by atoms with Gasteiger partial charge >= 0.3 is 0 Å². The van der Waals surface area contributed by atoms with Crippen LogP contribution in [0.4, 0.5) is 0 Å². The van der Waals surface area contributed by atoms with Crippen LogP contribution in [0.15, 0.2) is 54.6 Å². The van der Waals surface area contributed by atoms with Crippen molar-refractivity contribution >= 4 is 16.7 Å². The van der Waals surface area contributed by atoms with E-state index in [1.165, 1.54) is 0 Å². The second kappa shape index (κ2) is 8.73. The van der Waals surface area contributed by atoms with Gasteiger partial charge in [0, 0.05) is 25.2 Å². The molecule has 1 unspecified atom stereocenters. The van der Waals surface area contributed by atoms with Crippen molar-refractivity contribution in [3.8, 4) is 22.6 Å². The van der Waals surface area contributed by atoms with Gasteiger partial charge in [0.15, 0.2) is 0 Å². The molecule has 4 rings (SSSR count). The van der Waals surface area contributed by atoms with Crippen molar-refractivity contribution in [1.29, 1.82) is 0 Å². The fourth-order valence-electron chi connectivity index (χ4n) is 3.86. The number of aromatic hydroxyl groups is 1. The van der Waals surface area contributed by atoms with Gasteiger partial charge in [-0.3, -0.25) is 9.69 Å². The van der Waals surface area contributed by atoms with E-state index in [0.717, 1.165) is 34.0 Å². The minimum Gasteiger partial charge on any atom is -0.508 e. The molecule has 156 valence electrons. The molecule has 1 aliphatic heterocycles. The number of amides is 1. The molecule has 1 atom stereocenters. The SMILES string of the molecule is Cc1cc(-c2c(OCC(O)CN3CCNC(=O)C3)ccc3ccccc23)ccc1O. The Kier molecular flexibility index (Phi) is 5.88. The molecular weight excluding hydrogens is 380 g/mol. The van der Waals surface area contributed by atoms with Gasteiger partial charge in [-0.15, -0.1) is 0 Å². The van der Waals surface area contributed by atoms with E-state index in [4.69, 9.17) is 4.74 Å². The van der Waals surface area contributed by atoms with Gasteiger partial charge in [-0.05, 0) is 47.0 Å². The van der Waals surface area contributed by atoms with Crippen molar-refractivity contribution in [3.63, 3.8) is 0 Å². The molecule has 1 heterocycles. The summed E-state index contributed by atoms with van der Waals surface area (Å²) in [6, 6.07) is 17.5. The number of nitrogens with zero attached hydrogens (tertiary/aromatic N) is 1. The number of ether oxygens (including phenoxy) is 1. The summed E-state index contributed by atoms with van der Waals surface area (Å²) in [5.74, 6) is 0.908. The van der Waals surface area contributed by atoms with E-state index in [1.54, 1.807) is 6.07 Å². The van der Waals surface area contributed by atoms with Gasteiger partial charge in [0.2, 0.25) is 5.91 Å². The monoisotopic (exact) mass is 406 g/mol. The predicted octanol–water partition coefficient (Wildman–Crippen LogP) is 2.69. The Balaban J connectivity index is 1.59. The molecule has 0 spiro atoms. The van der Waals surface area contributed by atoms with Crippen molar-refractivity contribution in [2.75, 3.05) is 32.8 Å². The zero-order chi connectivity index (χ0) is 21.1. The van der Waals surface area contributed by atoms with Crippen LogP contribution >= 0.6 is 0 Å². The van der Waals surface area contributed by atoms with Gasteiger partial charge in [-0.2, -0.15) is 0 Å². The average Bonchev–Trinajstić information content (AvgIpc) is 2.74. The first-order valence-electron chi connectivity index (χ1n) is 10.1. The van der Waals surface area contributed by atoms with E-state index in [9.17, 15) is 15.0 Å². The Morgan fingerprint density at radius 3 is 2.80 bits per heavy atom. The largest absolute Gasteiger partial charge is 0.508 e. The number of piperazine rings is 1. The molecule has 3 aromatic rings. The molecule has 0 aliphatic carbocycles. The van der Waals surface area contributed by atoms with Crippen LogP contribution in [0.25, 0.3) is 21.9 Å². The number of carbonyl (C=O) groups excluding carboxylic acids is 1. The highest BCUT2D eigenvalue weighted by molar-refractivity contribution is 6.00. The number of carbonyl (C=O) groups is 1. The Morgan fingerprint density at radius 2 is 2.00 bits per heavy atom. The van der Waals surface area contributed by atoms with Gasteiger partial charge in [-0.25, -0.2) is 0 Å². The maximum absolute atomic E-state index is 11.5. The summed E-state index contributed by atoms with van der Waals surface area (Å²) in [4.78, 5) is 13.5. The van der Waals surface area contributed by atoms with E-state index >= 15 is 0 Å². The van der Waals surface area contributed by atoms with Crippen LogP contribution in [-0.2, 0) is 4.79 Å². The van der Waals surface area contributed by atoms with Crippen LogP contribution in [0.2, 0.25) is 0 Å². The van der Waals surface area contributed by atoms with Crippen molar-refractivity contribution in [1.82, 2.24) is 10.2 Å². The van der Waals surface area contributed by atoms with Crippen molar-refractivity contribution in [2.24, 2.45) is 0 Å². The number of aliphatic hydroxyl groups excluding tert-OH is 1. The highest BCUT2D eigenvalue weighted by Crippen LogP contribution is 2.38. The second-order valence-electron chi connectivity index (χ2n) is 7.71. The molecule has 3 aromatic carbocycles. The third kappa shape index (κ3) is 4.40. The van der Waals surface area contributed by atoms with Gasteiger partial charge < -0.3 is 20.3 Å². The van der Waals surface area contributed by atoms with Gasteiger partial charge in [-0.1, -0.05) is 36.4 Å². The number of hydrogen-bond donors (Lipinski definition) is 3. The zero-order valence-corrected chi connectivity index (χ0v) is 17.0. The first-order valence-corrected chi connectivity index (χ1v) is 10.1. The number of phenols is 1. The quantitative estimate of drug-likeness (QED) is 0.586. The standard InChI is InChI=1S/C24H26N2O4/c1-16-12-18(6-8-21(16)28)24-20-5-3-2-4-17(20)7-9-22(24)30-15-19(27)13-26-11-10-25-23(29)14-26/h2-9,12,19,27-28H,10-11,13-15H2,1H3,(H,25,29). The maximum Gasteiger partial charge on any atom is 0.234 e. The van der Waals surface area contributed by atoms with Crippen LogP contribution in [-0.4, -0.2) is 59.9 Å². The first-order chi connectivity index (χ1) is 14.5. The summed E-state index contributed by atoms with van der Waals surface area (Å²) in [6.45, 7) is 3.99. The minimum absolute atomic E-state index is 0.0196. The lowest BCUT2D eigenvalue weighted by atomic mass is 9.96. The molecule has 0 aromatic heterocycles. The van der Waals surface area contributed by atoms with E-state index in [-0.39, 0.29) is 18.3 Å². The van der Waals surface area contributed by atoms with Gasteiger partial charge in [0.05, 0.1) is 6.54 Å².